The number of ether oxygens (including phenoxy) is 1. The van der Waals surface area contributed by atoms with E-state index < -0.39 is 0 Å². The summed E-state index contributed by atoms with van der Waals surface area (Å²) in [5.74, 6) is 1.96. The fourth-order valence-corrected chi connectivity index (χ4v) is 3.77. The van der Waals surface area contributed by atoms with Crippen LogP contribution in [0.25, 0.3) is 28.3 Å². The van der Waals surface area contributed by atoms with Gasteiger partial charge in [-0.1, -0.05) is 50.1 Å². The highest BCUT2D eigenvalue weighted by Gasteiger charge is 2.28. The number of fused-ring (bicyclic) bond motifs is 3. The molecule has 4 nitrogen and oxygen atoms in total. The van der Waals surface area contributed by atoms with Gasteiger partial charge in [0.25, 0.3) is 0 Å². The molecule has 2 aromatic carbocycles. The molecule has 0 unspecified atom stereocenters. The molecule has 0 radical (unpaired) electrons. The summed E-state index contributed by atoms with van der Waals surface area (Å²) in [7, 11) is 0. The maximum atomic E-state index is 11.4. The van der Waals surface area contributed by atoms with Crippen LogP contribution in [0.5, 0.6) is 11.5 Å². The molecule has 0 bridgehead atoms. The van der Waals surface area contributed by atoms with Crippen molar-refractivity contribution in [3.05, 3.63) is 66.0 Å². The van der Waals surface area contributed by atoms with E-state index in [0.29, 0.717) is 28.5 Å². The topological polar surface area (TPSA) is 55.2 Å². The molecule has 0 atom stereocenters. The standard InChI is InChI=1S/C24H24N2O2/c1-4-5-6-8-17-14-20-22(23(27)21(17)24-25-11-7-12-26-24)19-13-15(2)9-10-18(19)16(3)28-20/h7,9-14,27H,3-6,8H2,1-2H3. The normalized spacial score (nSPS) is 12.3. The van der Waals surface area contributed by atoms with E-state index in [9.17, 15) is 5.11 Å². The van der Waals surface area contributed by atoms with E-state index in [1.165, 1.54) is 0 Å². The Morgan fingerprint density at radius 3 is 2.57 bits per heavy atom. The summed E-state index contributed by atoms with van der Waals surface area (Å²) in [6.07, 6.45) is 7.53. The predicted molar refractivity (Wildman–Crippen MR) is 112 cm³/mol. The van der Waals surface area contributed by atoms with Gasteiger partial charge in [-0.15, -0.1) is 0 Å². The number of hydrogen-bond donors (Lipinski definition) is 1. The van der Waals surface area contributed by atoms with E-state index in [4.69, 9.17) is 4.74 Å². The fourth-order valence-electron chi connectivity index (χ4n) is 3.77. The second-order valence-corrected chi connectivity index (χ2v) is 7.24. The first-order valence-corrected chi connectivity index (χ1v) is 9.74. The largest absolute Gasteiger partial charge is 0.506 e. The maximum absolute atomic E-state index is 11.4. The molecule has 0 aliphatic carbocycles. The predicted octanol–water partition coefficient (Wildman–Crippen LogP) is 5.92. The van der Waals surface area contributed by atoms with Gasteiger partial charge in [0.1, 0.15) is 17.3 Å². The second-order valence-electron chi connectivity index (χ2n) is 7.24. The summed E-state index contributed by atoms with van der Waals surface area (Å²) in [6.45, 7) is 8.29. The highest BCUT2D eigenvalue weighted by molar-refractivity contribution is 5.94. The van der Waals surface area contributed by atoms with Crippen LogP contribution in [0.15, 0.2) is 49.3 Å². The quantitative estimate of drug-likeness (QED) is 0.565. The molecule has 0 amide bonds. The number of phenols is 1. The van der Waals surface area contributed by atoms with E-state index in [2.05, 4.69) is 29.5 Å². The molecule has 1 N–H and O–H groups in total. The highest BCUT2D eigenvalue weighted by Crippen LogP contribution is 2.51. The smallest absolute Gasteiger partial charge is 0.163 e. The zero-order chi connectivity index (χ0) is 19.7. The van der Waals surface area contributed by atoms with Gasteiger partial charge >= 0.3 is 0 Å². The van der Waals surface area contributed by atoms with Crippen LogP contribution < -0.4 is 4.74 Å². The zero-order valence-corrected chi connectivity index (χ0v) is 16.3. The lowest BCUT2D eigenvalue weighted by Crippen LogP contribution is -2.07. The fraction of sp³-hybridized carbons (Fsp3) is 0.250. The average molecular weight is 372 g/mol. The first-order chi connectivity index (χ1) is 13.6. The molecule has 4 heteroatoms. The van der Waals surface area contributed by atoms with Gasteiger partial charge in [-0.3, -0.25) is 0 Å². The molecule has 142 valence electrons. The first-order valence-electron chi connectivity index (χ1n) is 9.74. The van der Waals surface area contributed by atoms with Gasteiger partial charge < -0.3 is 9.84 Å². The number of aromatic hydroxyl groups is 1. The second kappa shape index (κ2) is 7.47. The van der Waals surface area contributed by atoms with Crippen molar-refractivity contribution < 1.29 is 9.84 Å². The van der Waals surface area contributed by atoms with E-state index >= 15 is 0 Å². The molecule has 0 saturated carbocycles. The lowest BCUT2D eigenvalue weighted by molar-refractivity contribution is 0.465. The minimum Gasteiger partial charge on any atom is -0.506 e. The summed E-state index contributed by atoms with van der Waals surface area (Å²) in [4.78, 5) is 8.81. The first kappa shape index (κ1) is 18.2. The van der Waals surface area contributed by atoms with Crippen molar-refractivity contribution in [2.45, 2.75) is 39.5 Å². The lowest BCUT2D eigenvalue weighted by Gasteiger charge is -2.26. The van der Waals surface area contributed by atoms with E-state index in [-0.39, 0.29) is 5.75 Å². The van der Waals surface area contributed by atoms with Crippen LogP contribution in [0.1, 0.15) is 42.9 Å². The molecule has 28 heavy (non-hydrogen) atoms. The van der Waals surface area contributed by atoms with Gasteiger partial charge in [0.2, 0.25) is 0 Å². The van der Waals surface area contributed by atoms with Crippen LogP contribution in [0.4, 0.5) is 0 Å². The number of aromatic nitrogens is 2. The summed E-state index contributed by atoms with van der Waals surface area (Å²) >= 11 is 0. The third kappa shape index (κ3) is 3.15. The molecule has 1 aliphatic rings. The van der Waals surface area contributed by atoms with Crippen molar-refractivity contribution in [1.82, 2.24) is 9.97 Å². The summed E-state index contributed by atoms with van der Waals surface area (Å²) < 4.78 is 6.02. The van der Waals surface area contributed by atoms with Gasteiger partial charge in [-0.2, -0.15) is 0 Å². The zero-order valence-electron chi connectivity index (χ0n) is 16.3. The Kier molecular flexibility index (Phi) is 4.86. The Bertz CT molecular complexity index is 1040. The van der Waals surface area contributed by atoms with Crippen LogP contribution in [-0.2, 0) is 6.42 Å². The van der Waals surface area contributed by atoms with Gasteiger partial charge in [0.15, 0.2) is 5.82 Å². The molecule has 4 rings (SSSR count). The van der Waals surface area contributed by atoms with Gasteiger partial charge in [0, 0.05) is 23.5 Å². The van der Waals surface area contributed by atoms with Crippen molar-refractivity contribution in [3.63, 3.8) is 0 Å². The SMILES string of the molecule is C=C1Oc2cc(CCCCC)c(-c3ncccn3)c(O)c2-c2cc(C)ccc21. The maximum Gasteiger partial charge on any atom is 0.163 e. The third-order valence-corrected chi connectivity index (χ3v) is 5.16. The van der Waals surface area contributed by atoms with Gasteiger partial charge in [-0.25, -0.2) is 9.97 Å². The van der Waals surface area contributed by atoms with Crippen LogP contribution in [0.2, 0.25) is 0 Å². The van der Waals surface area contributed by atoms with Crippen LogP contribution in [0, 0.1) is 6.92 Å². The lowest BCUT2D eigenvalue weighted by atomic mass is 9.88. The number of aryl methyl sites for hydroxylation is 2. The van der Waals surface area contributed by atoms with E-state index in [1.54, 1.807) is 18.5 Å². The number of unbranched alkanes of at least 4 members (excludes halogenated alkanes) is 2. The Hall–Kier alpha value is -3.14. The molecule has 3 aromatic rings. The summed E-state index contributed by atoms with van der Waals surface area (Å²) in [6, 6.07) is 9.88. The molecule has 1 aromatic heterocycles. The van der Waals surface area contributed by atoms with Crippen molar-refractivity contribution >= 4 is 5.76 Å². The molecule has 1 aliphatic heterocycles. The van der Waals surface area contributed by atoms with Crippen molar-refractivity contribution in [2.75, 3.05) is 0 Å². The van der Waals surface area contributed by atoms with Gasteiger partial charge in [-0.05, 0) is 37.5 Å². The molecular weight excluding hydrogens is 348 g/mol. The minimum atomic E-state index is 0.176. The van der Waals surface area contributed by atoms with Crippen LogP contribution >= 0.6 is 0 Å². The Balaban J connectivity index is 1.96. The van der Waals surface area contributed by atoms with E-state index in [1.807, 2.05) is 25.1 Å². The Labute approximate surface area is 165 Å². The highest BCUT2D eigenvalue weighted by atomic mass is 16.5. The van der Waals surface area contributed by atoms with Crippen LogP contribution in [0.3, 0.4) is 0 Å². The molecule has 0 fully saturated rings. The van der Waals surface area contributed by atoms with Crippen molar-refractivity contribution in [3.8, 4) is 34.0 Å². The average Bonchev–Trinajstić information content (AvgIpc) is 2.68. The van der Waals surface area contributed by atoms with Crippen LogP contribution in [-0.4, -0.2) is 15.1 Å². The van der Waals surface area contributed by atoms with Crippen molar-refractivity contribution in [2.24, 2.45) is 0 Å². The monoisotopic (exact) mass is 372 g/mol. The summed E-state index contributed by atoms with van der Waals surface area (Å²) in [5.41, 5.74) is 5.32. The number of phenolic OH excluding ortho intramolecular Hbond substituents is 1. The third-order valence-electron chi connectivity index (χ3n) is 5.16. The Morgan fingerprint density at radius 1 is 1.04 bits per heavy atom. The minimum absolute atomic E-state index is 0.176. The molecule has 0 spiro atoms. The molecule has 2 heterocycles. The number of hydrogen-bond acceptors (Lipinski definition) is 4. The summed E-state index contributed by atoms with van der Waals surface area (Å²) in [5, 5.41) is 11.4. The molecule has 0 saturated heterocycles. The van der Waals surface area contributed by atoms with Crippen molar-refractivity contribution in [1.29, 1.82) is 0 Å². The van der Waals surface area contributed by atoms with Gasteiger partial charge in [0.05, 0.1) is 11.1 Å². The number of nitrogens with zero attached hydrogens (tertiary/aromatic N) is 2. The van der Waals surface area contributed by atoms with E-state index in [0.717, 1.165) is 47.9 Å². The number of benzene rings is 2. The Morgan fingerprint density at radius 2 is 1.82 bits per heavy atom. The number of rotatable bonds is 5. The molecular formula is C24H24N2O2.